The van der Waals surface area contributed by atoms with E-state index in [-0.39, 0.29) is 0 Å². The minimum absolute atomic E-state index is 0.601. The zero-order valence-electron chi connectivity index (χ0n) is 5.42. The van der Waals surface area contributed by atoms with Crippen molar-refractivity contribution in [3.8, 4) is 0 Å². The van der Waals surface area contributed by atoms with Gasteiger partial charge in [0.25, 0.3) is 0 Å². The Bertz CT molecular complexity index is 47.7. The molecule has 8 heavy (non-hydrogen) atoms. The molecule has 0 aliphatic rings. The second kappa shape index (κ2) is 5.03. The molecular formula is C5H13NO2. The molecule has 3 heteroatoms. The van der Waals surface area contributed by atoms with Gasteiger partial charge in [0, 0.05) is 7.05 Å². The lowest BCUT2D eigenvalue weighted by Crippen LogP contribution is -2.13. The zero-order chi connectivity index (χ0) is 6.41. The Kier molecular flexibility index (Phi) is 4.95. The second-order valence-corrected chi connectivity index (χ2v) is 1.65. The van der Waals surface area contributed by atoms with E-state index in [1.54, 1.807) is 0 Å². The van der Waals surface area contributed by atoms with E-state index in [2.05, 4.69) is 11.8 Å². The maximum absolute atomic E-state index is 8.39. The minimum Gasteiger partial charge on any atom is -0.290 e. The lowest BCUT2D eigenvalue weighted by atomic mass is 10.4. The van der Waals surface area contributed by atoms with Gasteiger partial charge in [-0.25, -0.2) is 0 Å². The molecule has 0 rings (SSSR count). The third-order valence-electron chi connectivity index (χ3n) is 0.776. The van der Waals surface area contributed by atoms with Gasteiger partial charge < -0.3 is 0 Å². The third kappa shape index (κ3) is 5.88. The van der Waals surface area contributed by atoms with E-state index in [0.717, 1.165) is 18.1 Å². The highest BCUT2D eigenvalue weighted by atomic mass is 16.9. The summed E-state index contributed by atoms with van der Waals surface area (Å²) in [5, 5.41) is 9.12. The van der Waals surface area contributed by atoms with Gasteiger partial charge in [-0.15, -0.1) is 0 Å². The highest BCUT2D eigenvalue weighted by Gasteiger charge is 1.87. The molecule has 1 N–H and O–H groups in total. The third-order valence-corrected chi connectivity index (χ3v) is 0.776. The Balaban J connectivity index is 2.72. The molecule has 0 fully saturated rings. The van der Waals surface area contributed by atoms with Crippen LogP contribution in [-0.2, 0) is 4.84 Å². The maximum Gasteiger partial charge on any atom is 0.0711 e. The van der Waals surface area contributed by atoms with Crippen molar-refractivity contribution in [2.75, 3.05) is 13.7 Å². The highest BCUT2D eigenvalue weighted by Crippen LogP contribution is 1.87. The van der Waals surface area contributed by atoms with E-state index in [1.807, 2.05) is 0 Å². The summed E-state index contributed by atoms with van der Waals surface area (Å²) in [6.45, 7) is 2.67. The van der Waals surface area contributed by atoms with Crippen LogP contribution < -0.4 is 0 Å². The highest BCUT2D eigenvalue weighted by molar-refractivity contribution is 4.26. The molecular weight excluding hydrogens is 106 g/mol. The first-order chi connectivity index (χ1) is 3.77. The van der Waals surface area contributed by atoms with E-state index in [1.165, 1.54) is 7.05 Å². The Morgan fingerprint density at radius 2 is 2.25 bits per heavy atom. The normalized spacial score (nSPS) is 10.5. The number of hydroxylamine groups is 2. The lowest BCUT2D eigenvalue weighted by molar-refractivity contribution is -0.323. The lowest BCUT2D eigenvalue weighted by Gasteiger charge is -2.05. The van der Waals surface area contributed by atoms with Crippen molar-refractivity contribution in [1.29, 1.82) is 0 Å². The smallest absolute Gasteiger partial charge is 0.0711 e. The van der Waals surface area contributed by atoms with Crippen LogP contribution in [0.3, 0.4) is 0 Å². The molecule has 0 amide bonds. The molecule has 0 unspecified atom stereocenters. The van der Waals surface area contributed by atoms with Crippen LogP contribution in [0.25, 0.3) is 0 Å². The van der Waals surface area contributed by atoms with Crippen LogP contribution in [0.5, 0.6) is 0 Å². The van der Waals surface area contributed by atoms with Gasteiger partial charge in [0.2, 0.25) is 0 Å². The van der Waals surface area contributed by atoms with Gasteiger partial charge >= 0.3 is 0 Å². The molecule has 3 nitrogen and oxygen atoms in total. The largest absolute Gasteiger partial charge is 0.290 e. The Morgan fingerprint density at radius 3 is 2.62 bits per heavy atom. The summed E-state index contributed by atoms with van der Waals surface area (Å²) in [6, 6.07) is 0. The van der Waals surface area contributed by atoms with E-state index in [9.17, 15) is 0 Å². The number of nitrogens with zero attached hydrogens (tertiary/aromatic N) is 1. The molecule has 0 bridgehead atoms. The van der Waals surface area contributed by atoms with Crippen LogP contribution >= 0.6 is 0 Å². The van der Waals surface area contributed by atoms with Crippen LogP contribution in [-0.4, -0.2) is 24.1 Å². The van der Waals surface area contributed by atoms with Crippen molar-refractivity contribution in [3.63, 3.8) is 0 Å². The molecule has 0 saturated carbocycles. The molecule has 0 spiro atoms. The predicted molar refractivity (Wildman–Crippen MR) is 30.4 cm³/mol. The van der Waals surface area contributed by atoms with E-state index in [0.29, 0.717) is 6.61 Å². The van der Waals surface area contributed by atoms with Gasteiger partial charge in [0.05, 0.1) is 6.61 Å². The molecule has 50 valence electrons. The zero-order valence-corrected chi connectivity index (χ0v) is 5.42. The van der Waals surface area contributed by atoms with Crippen molar-refractivity contribution >= 4 is 0 Å². The topological polar surface area (TPSA) is 32.7 Å². The monoisotopic (exact) mass is 119 g/mol. The number of unbranched alkanes of at least 4 members (excludes halogenated alkanes) is 1. The molecule has 0 heterocycles. The van der Waals surface area contributed by atoms with E-state index in [4.69, 9.17) is 5.21 Å². The summed E-state index contributed by atoms with van der Waals surface area (Å²) in [4.78, 5) is 4.67. The van der Waals surface area contributed by atoms with Crippen LogP contribution in [0.4, 0.5) is 0 Å². The van der Waals surface area contributed by atoms with E-state index >= 15 is 0 Å². The molecule has 0 saturated heterocycles. The fourth-order valence-electron chi connectivity index (χ4n) is 0.341. The van der Waals surface area contributed by atoms with Gasteiger partial charge in [-0.1, -0.05) is 18.6 Å². The quantitative estimate of drug-likeness (QED) is 0.443. The Labute approximate surface area is 49.8 Å². The van der Waals surface area contributed by atoms with Gasteiger partial charge in [-0.2, -0.15) is 0 Å². The second-order valence-electron chi connectivity index (χ2n) is 1.65. The summed E-state index contributed by atoms with van der Waals surface area (Å²) >= 11 is 0. The van der Waals surface area contributed by atoms with Crippen LogP contribution in [0.2, 0.25) is 0 Å². The van der Waals surface area contributed by atoms with E-state index < -0.39 is 0 Å². The standard InChI is InChI=1S/C5H13NO2/c1-3-4-5-8-6(2)7/h7H,3-5H2,1-2H3. The Hall–Kier alpha value is -0.120. The number of hydrogen-bond acceptors (Lipinski definition) is 3. The molecule has 0 aliphatic heterocycles. The SMILES string of the molecule is CCCCON(C)O. The van der Waals surface area contributed by atoms with Gasteiger partial charge in [-0.3, -0.25) is 10.0 Å². The Morgan fingerprint density at radius 1 is 1.62 bits per heavy atom. The summed E-state index contributed by atoms with van der Waals surface area (Å²) in [7, 11) is 1.45. The summed E-state index contributed by atoms with van der Waals surface area (Å²) in [5.41, 5.74) is 0. The first-order valence-electron chi connectivity index (χ1n) is 2.83. The summed E-state index contributed by atoms with van der Waals surface area (Å²) in [5.74, 6) is 0. The summed E-state index contributed by atoms with van der Waals surface area (Å²) in [6.07, 6.45) is 2.08. The molecule has 0 radical (unpaired) electrons. The average molecular weight is 119 g/mol. The van der Waals surface area contributed by atoms with Crippen molar-refractivity contribution in [1.82, 2.24) is 5.23 Å². The predicted octanol–water partition coefficient (Wildman–Crippen LogP) is 1.04. The summed E-state index contributed by atoms with van der Waals surface area (Å²) < 4.78 is 0. The van der Waals surface area contributed by atoms with Gasteiger partial charge in [0.1, 0.15) is 0 Å². The van der Waals surface area contributed by atoms with Gasteiger partial charge in [-0.05, 0) is 6.42 Å². The molecule has 0 aromatic heterocycles. The van der Waals surface area contributed by atoms with Crippen LogP contribution in [0.1, 0.15) is 19.8 Å². The van der Waals surface area contributed by atoms with Crippen molar-refractivity contribution in [2.24, 2.45) is 0 Å². The first kappa shape index (κ1) is 7.88. The fraction of sp³-hybridized carbons (Fsp3) is 1.00. The molecule has 0 aromatic rings. The number of hydrogen-bond donors (Lipinski definition) is 1. The fourth-order valence-corrected chi connectivity index (χ4v) is 0.341. The molecule has 0 atom stereocenters. The first-order valence-corrected chi connectivity index (χ1v) is 2.83. The number of rotatable bonds is 4. The van der Waals surface area contributed by atoms with Gasteiger partial charge in [0.15, 0.2) is 0 Å². The van der Waals surface area contributed by atoms with Crippen molar-refractivity contribution in [2.45, 2.75) is 19.8 Å². The minimum atomic E-state index is 0.601. The van der Waals surface area contributed by atoms with Crippen LogP contribution in [0.15, 0.2) is 0 Å². The van der Waals surface area contributed by atoms with Crippen molar-refractivity contribution in [3.05, 3.63) is 0 Å². The van der Waals surface area contributed by atoms with Crippen molar-refractivity contribution < 1.29 is 10.0 Å². The molecule has 0 aromatic carbocycles. The van der Waals surface area contributed by atoms with Crippen LogP contribution in [0, 0.1) is 0 Å². The molecule has 0 aliphatic carbocycles. The average Bonchev–Trinajstić information content (AvgIpc) is 1.66. The maximum atomic E-state index is 8.39.